The minimum atomic E-state index is -1.38. The van der Waals surface area contributed by atoms with Crippen LogP contribution >= 0.6 is 0 Å². The van der Waals surface area contributed by atoms with Crippen LogP contribution in [0.5, 0.6) is 0 Å². The van der Waals surface area contributed by atoms with Crippen molar-refractivity contribution in [2.24, 2.45) is 0 Å². The Hall–Kier alpha value is -3.29. The van der Waals surface area contributed by atoms with Crippen LogP contribution in [0.1, 0.15) is 36.9 Å². The lowest BCUT2D eigenvalue weighted by Gasteiger charge is -2.09. The van der Waals surface area contributed by atoms with Gasteiger partial charge in [-0.25, -0.2) is 19.6 Å². The molecule has 112 valence electrons. The Bertz CT molecular complexity index is 773. The predicted octanol–water partition coefficient (Wildman–Crippen LogP) is 1.43. The fraction of sp³-hybridized carbons (Fsp3) is 0.0714. The van der Waals surface area contributed by atoms with E-state index >= 15 is 0 Å². The molecule has 0 bridgehead atoms. The first-order valence-electron chi connectivity index (χ1n) is 6.09. The number of anilines is 1. The van der Waals surface area contributed by atoms with Crippen molar-refractivity contribution in [3.05, 3.63) is 53.1 Å². The molecule has 1 amide bonds. The molecule has 8 nitrogen and oxygen atoms in total. The maximum Gasteiger partial charge on any atom is 0.356 e. The van der Waals surface area contributed by atoms with Gasteiger partial charge in [-0.15, -0.1) is 0 Å². The van der Waals surface area contributed by atoms with Gasteiger partial charge in [0.15, 0.2) is 11.4 Å². The summed E-state index contributed by atoms with van der Waals surface area (Å²) in [6.45, 7) is 1.68. The molecule has 2 aromatic rings. The minimum Gasteiger partial charge on any atom is -0.478 e. The second-order valence-electron chi connectivity index (χ2n) is 4.35. The first-order chi connectivity index (χ1) is 10.4. The Morgan fingerprint density at radius 3 is 2.23 bits per heavy atom. The molecule has 0 aliphatic rings. The van der Waals surface area contributed by atoms with Crippen LogP contribution in [0.2, 0.25) is 0 Å². The molecule has 0 radical (unpaired) electrons. The smallest absolute Gasteiger partial charge is 0.356 e. The molecule has 8 heteroatoms. The lowest BCUT2D eigenvalue weighted by atomic mass is 10.1. The van der Waals surface area contributed by atoms with E-state index in [9.17, 15) is 14.4 Å². The van der Waals surface area contributed by atoms with Crippen molar-refractivity contribution in [1.29, 1.82) is 0 Å². The topological polar surface area (TPSA) is 129 Å². The van der Waals surface area contributed by atoms with Crippen molar-refractivity contribution >= 4 is 23.5 Å². The number of carboxylic acids is 2. The highest BCUT2D eigenvalue weighted by Gasteiger charge is 2.20. The molecule has 1 heterocycles. The number of aromatic nitrogens is 2. The zero-order chi connectivity index (χ0) is 16.3. The molecule has 0 unspecified atom stereocenters. The van der Waals surface area contributed by atoms with Gasteiger partial charge in [0, 0.05) is 18.1 Å². The van der Waals surface area contributed by atoms with Crippen molar-refractivity contribution < 1.29 is 24.6 Å². The summed E-state index contributed by atoms with van der Waals surface area (Å²) in [7, 11) is 0. The van der Waals surface area contributed by atoms with Crippen molar-refractivity contribution in [3.63, 3.8) is 0 Å². The second-order valence-corrected chi connectivity index (χ2v) is 4.35. The maximum absolute atomic E-state index is 12.1. The first kappa shape index (κ1) is 15.1. The van der Waals surface area contributed by atoms with Crippen LogP contribution in [0.25, 0.3) is 0 Å². The van der Waals surface area contributed by atoms with Crippen LogP contribution in [0.3, 0.4) is 0 Å². The summed E-state index contributed by atoms with van der Waals surface area (Å²) < 4.78 is 0. The van der Waals surface area contributed by atoms with Gasteiger partial charge in [0.1, 0.15) is 0 Å². The number of amides is 1. The van der Waals surface area contributed by atoms with Gasteiger partial charge in [-0.3, -0.25) is 4.79 Å². The number of rotatable bonds is 4. The molecule has 0 fully saturated rings. The second kappa shape index (κ2) is 6.00. The summed E-state index contributed by atoms with van der Waals surface area (Å²) in [5.41, 5.74) is 0.0479. The SMILES string of the molecule is Cc1ccc(C(=O)O)cc1NC(=O)c1nccnc1C(=O)O. The van der Waals surface area contributed by atoms with E-state index in [4.69, 9.17) is 10.2 Å². The molecule has 0 aliphatic carbocycles. The normalized spacial score (nSPS) is 10.0. The van der Waals surface area contributed by atoms with E-state index in [0.717, 1.165) is 6.20 Å². The van der Waals surface area contributed by atoms with Crippen LogP contribution < -0.4 is 5.32 Å². The third kappa shape index (κ3) is 3.06. The molecule has 1 aromatic carbocycles. The summed E-state index contributed by atoms with van der Waals surface area (Å²) in [6.07, 6.45) is 2.36. The number of hydrogen-bond acceptors (Lipinski definition) is 5. The van der Waals surface area contributed by atoms with Gasteiger partial charge in [-0.05, 0) is 24.6 Å². The van der Waals surface area contributed by atoms with Gasteiger partial charge < -0.3 is 15.5 Å². The largest absolute Gasteiger partial charge is 0.478 e. The fourth-order valence-corrected chi connectivity index (χ4v) is 1.73. The summed E-state index contributed by atoms with van der Waals surface area (Å²) in [5, 5.41) is 20.4. The highest BCUT2D eigenvalue weighted by molar-refractivity contribution is 6.09. The Morgan fingerprint density at radius 2 is 1.64 bits per heavy atom. The number of carbonyl (C=O) groups excluding carboxylic acids is 1. The lowest BCUT2D eigenvalue weighted by molar-refractivity contribution is 0.0680. The molecule has 1 aromatic heterocycles. The van der Waals surface area contributed by atoms with E-state index in [1.807, 2.05) is 0 Å². The Kier molecular flexibility index (Phi) is 4.12. The molecule has 0 saturated carbocycles. The van der Waals surface area contributed by atoms with E-state index in [1.54, 1.807) is 6.92 Å². The summed E-state index contributed by atoms with van der Waals surface area (Å²) in [4.78, 5) is 41.4. The van der Waals surface area contributed by atoms with Crippen LogP contribution in [-0.4, -0.2) is 38.0 Å². The number of nitrogens with one attached hydrogen (secondary N) is 1. The van der Waals surface area contributed by atoms with Crippen LogP contribution in [0.4, 0.5) is 5.69 Å². The monoisotopic (exact) mass is 301 g/mol. The van der Waals surface area contributed by atoms with Crippen molar-refractivity contribution in [2.75, 3.05) is 5.32 Å². The zero-order valence-electron chi connectivity index (χ0n) is 11.4. The van der Waals surface area contributed by atoms with E-state index in [-0.39, 0.29) is 16.9 Å². The first-order valence-corrected chi connectivity index (χ1v) is 6.09. The lowest BCUT2D eigenvalue weighted by Crippen LogP contribution is -2.20. The molecule has 22 heavy (non-hydrogen) atoms. The summed E-state index contributed by atoms with van der Waals surface area (Å²) in [6, 6.07) is 4.22. The number of hydrogen-bond donors (Lipinski definition) is 3. The van der Waals surface area contributed by atoms with Crippen molar-refractivity contribution in [2.45, 2.75) is 6.92 Å². The highest BCUT2D eigenvalue weighted by Crippen LogP contribution is 2.18. The van der Waals surface area contributed by atoms with Gasteiger partial charge >= 0.3 is 11.9 Å². The molecule has 0 saturated heterocycles. The molecular formula is C14H11N3O5. The van der Waals surface area contributed by atoms with Gasteiger partial charge in [0.2, 0.25) is 0 Å². The number of aryl methyl sites for hydroxylation is 1. The Morgan fingerprint density at radius 1 is 1.00 bits per heavy atom. The average molecular weight is 301 g/mol. The summed E-state index contributed by atoms with van der Waals surface area (Å²) in [5.74, 6) is -3.30. The van der Waals surface area contributed by atoms with Gasteiger partial charge in [-0.2, -0.15) is 0 Å². The molecule has 0 aliphatic heterocycles. The highest BCUT2D eigenvalue weighted by atomic mass is 16.4. The van der Waals surface area contributed by atoms with Crippen molar-refractivity contribution in [1.82, 2.24) is 9.97 Å². The summed E-state index contributed by atoms with van der Waals surface area (Å²) >= 11 is 0. The van der Waals surface area contributed by atoms with Crippen molar-refractivity contribution in [3.8, 4) is 0 Å². The van der Waals surface area contributed by atoms with Crippen LogP contribution in [-0.2, 0) is 0 Å². The molecule has 0 spiro atoms. The van der Waals surface area contributed by atoms with Crippen LogP contribution in [0.15, 0.2) is 30.6 Å². The van der Waals surface area contributed by atoms with E-state index in [1.165, 1.54) is 24.4 Å². The minimum absolute atomic E-state index is 0.00139. The molecule has 2 rings (SSSR count). The number of carbonyl (C=O) groups is 3. The number of benzene rings is 1. The van der Waals surface area contributed by atoms with Gasteiger partial charge in [0.05, 0.1) is 5.56 Å². The van der Waals surface area contributed by atoms with Gasteiger partial charge in [-0.1, -0.05) is 6.07 Å². The van der Waals surface area contributed by atoms with E-state index < -0.39 is 23.5 Å². The molecule has 0 atom stereocenters. The molecule has 3 N–H and O–H groups in total. The van der Waals surface area contributed by atoms with Crippen LogP contribution in [0, 0.1) is 6.92 Å². The third-order valence-electron chi connectivity index (χ3n) is 2.85. The number of carboxylic acid groups (broad SMARTS) is 2. The molecular weight excluding hydrogens is 290 g/mol. The standard InChI is InChI=1S/C14H11N3O5/c1-7-2-3-8(13(19)20)6-9(7)17-12(18)10-11(14(21)22)16-5-4-15-10/h2-6H,1H3,(H,17,18)(H,19,20)(H,21,22). The Labute approximate surface area is 124 Å². The predicted molar refractivity (Wildman–Crippen MR) is 75.1 cm³/mol. The van der Waals surface area contributed by atoms with E-state index in [2.05, 4.69) is 15.3 Å². The quantitative estimate of drug-likeness (QED) is 0.778. The average Bonchev–Trinajstić information content (AvgIpc) is 2.49. The zero-order valence-corrected chi connectivity index (χ0v) is 11.4. The fourth-order valence-electron chi connectivity index (χ4n) is 1.73. The maximum atomic E-state index is 12.1. The number of aromatic carboxylic acids is 2. The number of nitrogens with zero attached hydrogens (tertiary/aromatic N) is 2. The Balaban J connectivity index is 2.36. The van der Waals surface area contributed by atoms with Gasteiger partial charge in [0.25, 0.3) is 5.91 Å². The van der Waals surface area contributed by atoms with E-state index in [0.29, 0.717) is 5.56 Å². The third-order valence-corrected chi connectivity index (χ3v) is 2.85.